The Labute approximate surface area is 235 Å². The maximum Gasteiger partial charge on any atom is 0.408 e. The summed E-state index contributed by atoms with van der Waals surface area (Å²) in [6.45, 7) is 8.78. The van der Waals surface area contributed by atoms with E-state index in [0.717, 1.165) is 23.1 Å². The van der Waals surface area contributed by atoms with E-state index in [1.165, 1.54) is 0 Å². The van der Waals surface area contributed by atoms with Crippen LogP contribution in [0.2, 0.25) is 0 Å². The van der Waals surface area contributed by atoms with Crippen molar-refractivity contribution in [2.45, 2.75) is 66.2 Å². The summed E-state index contributed by atoms with van der Waals surface area (Å²) < 4.78 is 5.29. The van der Waals surface area contributed by atoms with E-state index < -0.39 is 41.7 Å². The highest BCUT2D eigenvalue weighted by Gasteiger charge is 2.30. The Morgan fingerprint density at radius 3 is 1.85 bits per heavy atom. The third-order valence-electron chi connectivity index (χ3n) is 5.78. The fraction of sp³-hybridized carbons (Fsp3) is 0.433. The minimum absolute atomic E-state index is 0.0349. The number of ether oxygens (including phenoxy) is 1. The van der Waals surface area contributed by atoms with Gasteiger partial charge in [0.1, 0.15) is 18.7 Å². The summed E-state index contributed by atoms with van der Waals surface area (Å²) in [4.78, 5) is 63.5. The van der Waals surface area contributed by atoms with Gasteiger partial charge in [-0.15, -0.1) is 0 Å². The van der Waals surface area contributed by atoms with Crippen molar-refractivity contribution in [2.24, 2.45) is 11.8 Å². The van der Waals surface area contributed by atoms with Crippen LogP contribution < -0.4 is 16.1 Å². The highest BCUT2D eigenvalue weighted by molar-refractivity contribution is 6.35. The van der Waals surface area contributed by atoms with Gasteiger partial charge < -0.3 is 15.4 Å². The number of rotatable bonds is 13. The van der Waals surface area contributed by atoms with Crippen molar-refractivity contribution in [2.75, 3.05) is 6.54 Å². The molecule has 0 aliphatic carbocycles. The highest BCUT2D eigenvalue weighted by atomic mass is 16.5. The number of amides is 4. The molecule has 2 rings (SSSR count). The lowest BCUT2D eigenvalue weighted by Gasteiger charge is -2.28. The van der Waals surface area contributed by atoms with Gasteiger partial charge in [0.15, 0.2) is 0 Å². The summed E-state index contributed by atoms with van der Waals surface area (Å²) >= 11 is 0. The standard InChI is InChI=1S/C30H40N4O6/c1-20(2)16-25(32-30(39)40-19-24-14-10-7-11-15-24)27(36)31-26(17-23-12-8-6-9-13-23)28(37)33-34(18-21(3)4)29(38)22(5)35/h6-15,20-21,25-26H,16-19H2,1-5H3,(H,31,36)(H,32,39)(H,33,37). The lowest BCUT2D eigenvalue weighted by Crippen LogP contribution is -2.59. The number of alkyl carbamates (subject to hydrolysis) is 1. The summed E-state index contributed by atoms with van der Waals surface area (Å²) in [6.07, 6.45) is -0.340. The zero-order chi connectivity index (χ0) is 29.7. The van der Waals surface area contributed by atoms with Crippen LogP contribution in [-0.4, -0.2) is 53.2 Å². The zero-order valence-corrected chi connectivity index (χ0v) is 23.8. The largest absolute Gasteiger partial charge is 0.445 e. The fourth-order valence-corrected chi connectivity index (χ4v) is 3.89. The van der Waals surface area contributed by atoms with Crippen LogP contribution >= 0.6 is 0 Å². The van der Waals surface area contributed by atoms with Crippen molar-refractivity contribution in [1.82, 2.24) is 21.1 Å². The molecule has 0 saturated carbocycles. The fourth-order valence-electron chi connectivity index (χ4n) is 3.89. The van der Waals surface area contributed by atoms with E-state index >= 15 is 0 Å². The number of hydrogen-bond acceptors (Lipinski definition) is 6. The predicted molar refractivity (Wildman–Crippen MR) is 150 cm³/mol. The molecule has 0 aliphatic heterocycles. The van der Waals surface area contributed by atoms with Crippen LogP contribution in [0.5, 0.6) is 0 Å². The van der Waals surface area contributed by atoms with Crippen LogP contribution in [0.25, 0.3) is 0 Å². The molecular formula is C30H40N4O6. The molecule has 40 heavy (non-hydrogen) atoms. The number of hydrazine groups is 1. The average molecular weight is 553 g/mol. The van der Waals surface area contributed by atoms with Crippen LogP contribution in [0.15, 0.2) is 60.7 Å². The number of benzene rings is 2. The molecule has 0 radical (unpaired) electrons. The van der Waals surface area contributed by atoms with E-state index in [2.05, 4.69) is 16.1 Å². The minimum atomic E-state index is -1.10. The lowest BCUT2D eigenvalue weighted by atomic mass is 10.0. The first kappa shape index (κ1) is 32.0. The SMILES string of the molecule is CC(=O)C(=O)N(CC(C)C)NC(=O)C(Cc1ccccc1)NC(=O)C(CC(C)C)NC(=O)OCc1ccccc1. The average Bonchev–Trinajstić information content (AvgIpc) is 2.90. The van der Waals surface area contributed by atoms with Crippen LogP contribution in [0.4, 0.5) is 4.79 Å². The second kappa shape index (κ2) is 16.0. The maximum atomic E-state index is 13.4. The van der Waals surface area contributed by atoms with Gasteiger partial charge >= 0.3 is 12.0 Å². The van der Waals surface area contributed by atoms with Gasteiger partial charge in [-0.25, -0.2) is 9.80 Å². The molecular weight excluding hydrogens is 512 g/mol. The molecule has 0 fully saturated rings. The van der Waals surface area contributed by atoms with Crippen molar-refractivity contribution in [3.05, 3.63) is 71.8 Å². The second-order valence-electron chi connectivity index (χ2n) is 10.5. The van der Waals surface area contributed by atoms with E-state index in [4.69, 9.17) is 4.74 Å². The molecule has 0 saturated heterocycles. The first-order chi connectivity index (χ1) is 19.0. The van der Waals surface area contributed by atoms with E-state index in [0.29, 0.717) is 6.42 Å². The molecule has 2 atom stereocenters. The number of carbonyl (C=O) groups excluding carboxylic acids is 5. The van der Waals surface area contributed by atoms with Crippen molar-refractivity contribution >= 4 is 29.6 Å². The summed E-state index contributed by atoms with van der Waals surface area (Å²) in [6, 6.07) is 16.1. The van der Waals surface area contributed by atoms with Gasteiger partial charge in [0.2, 0.25) is 11.7 Å². The van der Waals surface area contributed by atoms with Gasteiger partial charge in [0.05, 0.1) is 0 Å². The minimum Gasteiger partial charge on any atom is -0.445 e. The third-order valence-corrected chi connectivity index (χ3v) is 5.78. The van der Waals surface area contributed by atoms with Gasteiger partial charge in [0, 0.05) is 19.9 Å². The van der Waals surface area contributed by atoms with E-state index in [1.54, 1.807) is 0 Å². The summed E-state index contributed by atoms with van der Waals surface area (Å²) in [5, 5.41) is 6.32. The first-order valence-corrected chi connectivity index (χ1v) is 13.4. The Morgan fingerprint density at radius 2 is 1.32 bits per heavy atom. The Hall–Kier alpha value is -4.21. The topological polar surface area (TPSA) is 134 Å². The Kier molecular flexibility index (Phi) is 12.8. The third kappa shape index (κ3) is 11.3. The molecule has 2 unspecified atom stereocenters. The Bertz CT molecular complexity index is 1140. The Balaban J connectivity index is 2.20. The highest BCUT2D eigenvalue weighted by Crippen LogP contribution is 2.10. The van der Waals surface area contributed by atoms with Crippen LogP contribution in [0, 0.1) is 11.8 Å². The molecule has 2 aromatic carbocycles. The van der Waals surface area contributed by atoms with Crippen LogP contribution in [0.1, 0.15) is 52.2 Å². The molecule has 3 N–H and O–H groups in total. The summed E-state index contributed by atoms with van der Waals surface area (Å²) in [7, 11) is 0. The number of nitrogens with one attached hydrogen (secondary N) is 3. The number of hydrogen-bond donors (Lipinski definition) is 3. The van der Waals surface area contributed by atoms with Crippen molar-refractivity contribution in [1.29, 1.82) is 0 Å². The lowest BCUT2D eigenvalue weighted by molar-refractivity contribution is -0.150. The van der Waals surface area contributed by atoms with E-state index in [9.17, 15) is 24.0 Å². The Morgan fingerprint density at radius 1 is 0.750 bits per heavy atom. The van der Waals surface area contributed by atoms with Crippen molar-refractivity contribution < 1.29 is 28.7 Å². The quantitative estimate of drug-likeness (QED) is 0.258. The normalized spacial score (nSPS) is 12.3. The van der Waals surface area contributed by atoms with Gasteiger partial charge in [-0.05, 0) is 29.4 Å². The van der Waals surface area contributed by atoms with Gasteiger partial charge in [-0.3, -0.25) is 24.6 Å². The number of Topliss-reactive ketones (excluding diaryl/α,β-unsaturated/α-hetero) is 1. The van der Waals surface area contributed by atoms with Crippen molar-refractivity contribution in [3.8, 4) is 0 Å². The summed E-state index contributed by atoms with van der Waals surface area (Å²) in [5.74, 6) is -2.81. The molecule has 10 heteroatoms. The van der Waals surface area contributed by atoms with E-state index in [-0.39, 0.29) is 31.4 Å². The van der Waals surface area contributed by atoms with E-state index in [1.807, 2.05) is 88.4 Å². The molecule has 0 bridgehead atoms. The number of ketones is 1. The molecule has 0 heterocycles. The van der Waals surface area contributed by atoms with Crippen LogP contribution in [0.3, 0.4) is 0 Å². The number of carbonyl (C=O) groups is 5. The molecule has 10 nitrogen and oxygen atoms in total. The monoisotopic (exact) mass is 552 g/mol. The van der Waals surface area contributed by atoms with Crippen molar-refractivity contribution in [3.63, 3.8) is 0 Å². The first-order valence-electron chi connectivity index (χ1n) is 13.4. The molecule has 0 aromatic heterocycles. The summed E-state index contributed by atoms with van der Waals surface area (Å²) in [5.41, 5.74) is 4.08. The molecule has 2 aromatic rings. The van der Waals surface area contributed by atoms with Crippen LogP contribution in [-0.2, 0) is 36.9 Å². The molecule has 0 aliphatic rings. The van der Waals surface area contributed by atoms with Gasteiger partial charge in [-0.1, -0.05) is 88.4 Å². The zero-order valence-electron chi connectivity index (χ0n) is 23.8. The maximum absolute atomic E-state index is 13.4. The van der Waals surface area contributed by atoms with Gasteiger partial charge in [-0.2, -0.15) is 0 Å². The second-order valence-corrected chi connectivity index (χ2v) is 10.5. The predicted octanol–water partition coefficient (Wildman–Crippen LogP) is 3.16. The van der Waals surface area contributed by atoms with Gasteiger partial charge in [0.25, 0.3) is 5.91 Å². The smallest absolute Gasteiger partial charge is 0.408 e. The number of nitrogens with zero attached hydrogens (tertiary/aromatic N) is 1. The molecule has 4 amide bonds. The molecule has 216 valence electrons. The molecule has 0 spiro atoms.